The van der Waals surface area contributed by atoms with Crippen LogP contribution in [0.25, 0.3) is 11.5 Å². The largest absolute Gasteiger partial charge is 0.463 e. The molecule has 1 aliphatic heterocycles. The first-order chi connectivity index (χ1) is 12.7. The molecule has 0 fully saturated rings. The van der Waals surface area contributed by atoms with E-state index >= 15 is 0 Å². The fourth-order valence-electron chi connectivity index (χ4n) is 3.37. The maximum Gasteiger partial charge on any atom is 0.255 e. The molecule has 0 radical (unpaired) electrons. The maximum atomic E-state index is 12.4. The van der Waals surface area contributed by atoms with Crippen molar-refractivity contribution in [3.63, 3.8) is 0 Å². The molecule has 0 atom stereocenters. The maximum absolute atomic E-state index is 12.4. The minimum absolute atomic E-state index is 0.00874. The Morgan fingerprint density at radius 2 is 2.23 bits per heavy atom. The first-order valence-corrected chi connectivity index (χ1v) is 9.05. The van der Waals surface area contributed by atoms with Gasteiger partial charge in [-0.15, -0.1) is 0 Å². The number of nitrogens with zero attached hydrogens (tertiary/aromatic N) is 3. The first-order valence-electron chi connectivity index (χ1n) is 9.05. The van der Waals surface area contributed by atoms with Crippen LogP contribution in [0.5, 0.6) is 0 Å². The number of aromatic nitrogens is 3. The number of pyridine rings is 1. The Hall–Kier alpha value is -2.73. The van der Waals surface area contributed by atoms with Crippen molar-refractivity contribution in [3.05, 3.63) is 69.7 Å². The lowest BCUT2D eigenvalue weighted by Gasteiger charge is -2.27. The molecule has 4 heterocycles. The summed E-state index contributed by atoms with van der Waals surface area (Å²) < 4.78 is 5.37. The van der Waals surface area contributed by atoms with E-state index in [-0.39, 0.29) is 5.56 Å². The molecule has 3 aromatic heterocycles. The van der Waals surface area contributed by atoms with Gasteiger partial charge in [0.2, 0.25) is 0 Å². The Bertz CT molecular complexity index is 929. The number of furan rings is 1. The van der Waals surface area contributed by atoms with Crippen LogP contribution in [0, 0.1) is 0 Å². The van der Waals surface area contributed by atoms with Gasteiger partial charge in [-0.05, 0) is 30.2 Å². The molecular weight excluding hydrogens is 328 g/mol. The molecule has 0 unspecified atom stereocenters. The zero-order valence-electron chi connectivity index (χ0n) is 14.9. The van der Waals surface area contributed by atoms with Crippen LogP contribution in [0.4, 0.5) is 0 Å². The van der Waals surface area contributed by atoms with E-state index in [1.165, 1.54) is 0 Å². The molecule has 26 heavy (non-hydrogen) atoms. The van der Waals surface area contributed by atoms with Gasteiger partial charge in [-0.2, -0.15) is 0 Å². The van der Waals surface area contributed by atoms with Crippen LogP contribution in [0.15, 0.2) is 45.9 Å². The average molecular weight is 350 g/mol. The Kier molecular flexibility index (Phi) is 4.67. The van der Waals surface area contributed by atoms with E-state index in [2.05, 4.69) is 32.8 Å². The van der Waals surface area contributed by atoms with E-state index in [4.69, 9.17) is 4.42 Å². The molecule has 0 aliphatic carbocycles. The Labute approximate surface area is 151 Å². The number of hydrogen-bond donors (Lipinski definition) is 1. The van der Waals surface area contributed by atoms with Crippen molar-refractivity contribution in [1.29, 1.82) is 0 Å². The second-order valence-electron chi connectivity index (χ2n) is 6.68. The molecule has 6 nitrogen and oxygen atoms in total. The standard InChI is InChI=1S/C20H22N4O2/c1-2-4-19-22-16-8-9-24(13-15(16)20(25)23-19)12-14-6-7-17(21-11-14)18-5-3-10-26-18/h3,5-7,10-11H,2,4,8-9,12-13H2,1H3,(H,22,23,25). The summed E-state index contributed by atoms with van der Waals surface area (Å²) in [5.74, 6) is 1.58. The Morgan fingerprint density at radius 1 is 1.31 bits per heavy atom. The third kappa shape index (κ3) is 3.46. The highest BCUT2D eigenvalue weighted by atomic mass is 16.3. The molecule has 6 heteroatoms. The SMILES string of the molecule is CCCc1nc2c(c(=O)[nH]1)CN(Cc1ccc(-c3ccco3)nc1)CC2. The summed E-state index contributed by atoms with van der Waals surface area (Å²) in [5.41, 5.74) is 3.72. The number of hydrogen-bond acceptors (Lipinski definition) is 5. The van der Waals surface area contributed by atoms with Gasteiger partial charge < -0.3 is 9.40 Å². The summed E-state index contributed by atoms with van der Waals surface area (Å²) >= 11 is 0. The lowest BCUT2D eigenvalue weighted by Crippen LogP contribution is -2.35. The molecule has 0 saturated carbocycles. The minimum Gasteiger partial charge on any atom is -0.463 e. The number of aromatic amines is 1. The lowest BCUT2D eigenvalue weighted by atomic mass is 10.1. The van der Waals surface area contributed by atoms with Gasteiger partial charge in [0.25, 0.3) is 5.56 Å². The van der Waals surface area contributed by atoms with Crippen LogP contribution in [0.1, 0.15) is 36.0 Å². The van der Waals surface area contributed by atoms with E-state index in [0.717, 1.165) is 66.5 Å². The summed E-state index contributed by atoms with van der Waals surface area (Å²) in [5, 5.41) is 0. The molecule has 3 aromatic rings. The molecule has 1 N–H and O–H groups in total. The molecule has 1 aliphatic rings. The zero-order chi connectivity index (χ0) is 17.9. The number of aryl methyl sites for hydroxylation is 1. The highest BCUT2D eigenvalue weighted by Crippen LogP contribution is 2.20. The molecule has 134 valence electrons. The van der Waals surface area contributed by atoms with Crippen LogP contribution in [-0.4, -0.2) is 26.4 Å². The van der Waals surface area contributed by atoms with E-state index < -0.39 is 0 Å². The van der Waals surface area contributed by atoms with Crippen LogP contribution in [0.3, 0.4) is 0 Å². The molecular formula is C20H22N4O2. The Morgan fingerprint density at radius 3 is 2.96 bits per heavy atom. The van der Waals surface area contributed by atoms with Gasteiger partial charge in [0, 0.05) is 38.7 Å². The van der Waals surface area contributed by atoms with E-state index in [1.807, 2.05) is 24.4 Å². The van der Waals surface area contributed by atoms with Crippen molar-refractivity contribution in [2.45, 2.75) is 39.3 Å². The first kappa shape index (κ1) is 16.7. The van der Waals surface area contributed by atoms with Crippen molar-refractivity contribution in [3.8, 4) is 11.5 Å². The van der Waals surface area contributed by atoms with Crippen LogP contribution in [0.2, 0.25) is 0 Å². The fraction of sp³-hybridized carbons (Fsp3) is 0.350. The second-order valence-corrected chi connectivity index (χ2v) is 6.68. The Balaban J connectivity index is 1.47. The topological polar surface area (TPSA) is 75.0 Å². The third-order valence-corrected chi connectivity index (χ3v) is 4.69. The predicted octanol–water partition coefficient (Wildman–Crippen LogP) is 2.94. The second kappa shape index (κ2) is 7.25. The monoisotopic (exact) mass is 350 g/mol. The highest BCUT2D eigenvalue weighted by molar-refractivity contribution is 5.51. The average Bonchev–Trinajstić information content (AvgIpc) is 3.18. The number of H-pyrrole nitrogens is 1. The normalized spacial score (nSPS) is 14.3. The number of nitrogens with one attached hydrogen (secondary N) is 1. The molecule has 0 amide bonds. The fourth-order valence-corrected chi connectivity index (χ4v) is 3.37. The van der Waals surface area contributed by atoms with Crippen molar-refractivity contribution in [1.82, 2.24) is 19.9 Å². The summed E-state index contributed by atoms with van der Waals surface area (Å²) in [7, 11) is 0. The van der Waals surface area contributed by atoms with Gasteiger partial charge in [0.05, 0.1) is 17.5 Å². The number of fused-ring (bicyclic) bond motifs is 1. The van der Waals surface area contributed by atoms with E-state index in [1.54, 1.807) is 6.26 Å². The smallest absolute Gasteiger partial charge is 0.255 e. The summed E-state index contributed by atoms with van der Waals surface area (Å²) in [4.78, 5) is 26.7. The predicted molar refractivity (Wildman–Crippen MR) is 98.6 cm³/mol. The van der Waals surface area contributed by atoms with Crippen LogP contribution in [-0.2, 0) is 25.9 Å². The summed E-state index contributed by atoms with van der Waals surface area (Å²) in [6, 6.07) is 7.79. The van der Waals surface area contributed by atoms with Gasteiger partial charge in [-0.1, -0.05) is 13.0 Å². The van der Waals surface area contributed by atoms with E-state index in [9.17, 15) is 4.79 Å². The van der Waals surface area contributed by atoms with Gasteiger partial charge in [-0.25, -0.2) is 4.98 Å². The van der Waals surface area contributed by atoms with Gasteiger partial charge in [-0.3, -0.25) is 14.7 Å². The zero-order valence-corrected chi connectivity index (χ0v) is 14.9. The van der Waals surface area contributed by atoms with Crippen LogP contribution < -0.4 is 5.56 Å². The number of rotatable bonds is 5. The summed E-state index contributed by atoms with van der Waals surface area (Å²) in [6.45, 7) is 4.38. The van der Waals surface area contributed by atoms with Crippen molar-refractivity contribution in [2.75, 3.05) is 6.54 Å². The van der Waals surface area contributed by atoms with Crippen molar-refractivity contribution in [2.24, 2.45) is 0 Å². The third-order valence-electron chi connectivity index (χ3n) is 4.69. The molecule has 0 spiro atoms. The van der Waals surface area contributed by atoms with Crippen LogP contribution >= 0.6 is 0 Å². The van der Waals surface area contributed by atoms with Gasteiger partial charge in [0.15, 0.2) is 5.76 Å². The van der Waals surface area contributed by atoms with Gasteiger partial charge >= 0.3 is 0 Å². The molecule has 4 rings (SSSR count). The van der Waals surface area contributed by atoms with E-state index in [0.29, 0.717) is 6.54 Å². The highest BCUT2D eigenvalue weighted by Gasteiger charge is 2.21. The van der Waals surface area contributed by atoms with Gasteiger partial charge in [0.1, 0.15) is 11.5 Å². The quantitative estimate of drug-likeness (QED) is 0.766. The van der Waals surface area contributed by atoms with Crippen molar-refractivity contribution < 1.29 is 4.42 Å². The molecule has 0 aromatic carbocycles. The summed E-state index contributed by atoms with van der Waals surface area (Å²) in [6.07, 6.45) is 6.14. The molecule has 0 bridgehead atoms. The minimum atomic E-state index is 0.00874. The molecule has 0 saturated heterocycles. The lowest BCUT2D eigenvalue weighted by molar-refractivity contribution is 0.241. The van der Waals surface area contributed by atoms with Crippen molar-refractivity contribution >= 4 is 0 Å².